The van der Waals surface area contributed by atoms with Gasteiger partial charge in [-0.3, -0.25) is 24.1 Å². The second-order valence-electron chi connectivity index (χ2n) is 4.51. The molecule has 1 heterocycles. The van der Waals surface area contributed by atoms with Crippen LogP contribution in [0.1, 0.15) is 20.7 Å². The number of fused-ring (bicyclic) bond motifs is 1. The van der Waals surface area contributed by atoms with Gasteiger partial charge in [-0.15, -0.1) is 0 Å². The largest absolute Gasteiger partial charge is 0.290 e. The first-order valence-electron chi connectivity index (χ1n) is 6.00. The summed E-state index contributed by atoms with van der Waals surface area (Å²) in [7, 11) is 0. The molecular formula is C15H9NO4. The van der Waals surface area contributed by atoms with E-state index in [4.69, 9.17) is 0 Å². The highest BCUT2D eigenvalue weighted by atomic mass is 16.2. The molecule has 1 aromatic rings. The fourth-order valence-electron chi connectivity index (χ4n) is 2.23. The number of rotatable bonds is 2. The molecule has 1 aliphatic heterocycles. The number of carbonyl (C=O) groups excluding carboxylic acids is 4. The molecule has 0 saturated heterocycles. The molecule has 98 valence electrons. The SMILES string of the molecule is O=C1C=CC(=O)C(CN2C(=O)c3ccccc3C2=O)=C1. The van der Waals surface area contributed by atoms with E-state index < -0.39 is 11.8 Å². The van der Waals surface area contributed by atoms with Crippen molar-refractivity contribution < 1.29 is 19.2 Å². The molecule has 5 heteroatoms. The van der Waals surface area contributed by atoms with Crippen LogP contribution in [0.2, 0.25) is 0 Å². The Morgan fingerprint density at radius 3 is 2.05 bits per heavy atom. The van der Waals surface area contributed by atoms with E-state index in [0.29, 0.717) is 11.1 Å². The number of nitrogens with zero attached hydrogens (tertiary/aromatic N) is 1. The topological polar surface area (TPSA) is 71.5 Å². The summed E-state index contributed by atoms with van der Waals surface area (Å²) in [4.78, 5) is 48.2. The Hall–Kier alpha value is -2.82. The van der Waals surface area contributed by atoms with Crippen LogP contribution in [0.4, 0.5) is 0 Å². The molecule has 0 N–H and O–H groups in total. The van der Waals surface area contributed by atoms with Crippen LogP contribution in [0.3, 0.4) is 0 Å². The first-order chi connectivity index (χ1) is 9.58. The van der Waals surface area contributed by atoms with E-state index in [-0.39, 0.29) is 23.7 Å². The van der Waals surface area contributed by atoms with Crippen LogP contribution in [0.5, 0.6) is 0 Å². The van der Waals surface area contributed by atoms with Crippen molar-refractivity contribution in [1.29, 1.82) is 0 Å². The third kappa shape index (κ3) is 1.80. The predicted octanol–water partition coefficient (Wildman–Crippen LogP) is 0.917. The molecule has 0 atom stereocenters. The average Bonchev–Trinajstić information content (AvgIpc) is 2.68. The molecule has 20 heavy (non-hydrogen) atoms. The zero-order chi connectivity index (χ0) is 14.3. The number of hydrogen-bond donors (Lipinski definition) is 0. The Labute approximate surface area is 114 Å². The van der Waals surface area contributed by atoms with Crippen molar-refractivity contribution >= 4 is 23.4 Å². The van der Waals surface area contributed by atoms with Crippen molar-refractivity contribution in [3.05, 3.63) is 59.2 Å². The lowest BCUT2D eigenvalue weighted by Gasteiger charge is -2.15. The van der Waals surface area contributed by atoms with E-state index in [1.54, 1.807) is 24.3 Å². The third-order valence-electron chi connectivity index (χ3n) is 3.24. The molecule has 2 aliphatic rings. The van der Waals surface area contributed by atoms with Crippen molar-refractivity contribution in [2.75, 3.05) is 6.54 Å². The van der Waals surface area contributed by atoms with Crippen molar-refractivity contribution in [2.24, 2.45) is 0 Å². The van der Waals surface area contributed by atoms with Crippen LogP contribution in [-0.2, 0) is 9.59 Å². The fourth-order valence-corrected chi connectivity index (χ4v) is 2.23. The zero-order valence-electron chi connectivity index (χ0n) is 10.3. The Morgan fingerprint density at radius 2 is 1.45 bits per heavy atom. The van der Waals surface area contributed by atoms with Gasteiger partial charge in [0.25, 0.3) is 11.8 Å². The van der Waals surface area contributed by atoms with Gasteiger partial charge in [-0.25, -0.2) is 0 Å². The Balaban J connectivity index is 1.91. The number of carbonyl (C=O) groups is 4. The molecule has 1 aliphatic carbocycles. The quantitative estimate of drug-likeness (QED) is 0.590. The van der Waals surface area contributed by atoms with Gasteiger partial charge in [0.15, 0.2) is 11.6 Å². The average molecular weight is 267 g/mol. The summed E-state index contributed by atoms with van der Waals surface area (Å²) in [5.74, 6) is -1.57. The first-order valence-corrected chi connectivity index (χ1v) is 6.00. The Morgan fingerprint density at radius 1 is 0.850 bits per heavy atom. The lowest BCUT2D eigenvalue weighted by atomic mass is 10.0. The lowest BCUT2D eigenvalue weighted by Crippen LogP contribution is -2.33. The van der Waals surface area contributed by atoms with Crippen LogP contribution in [0.25, 0.3) is 0 Å². The van der Waals surface area contributed by atoms with Crippen molar-refractivity contribution in [3.8, 4) is 0 Å². The van der Waals surface area contributed by atoms with E-state index >= 15 is 0 Å². The molecule has 0 radical (unpaired) electrons. The molecule has 1 aromatic carbocycles. The summed E-state index contributed by atoms with van der Waals surface area (Å²) in [5.41, 5.74) is 0.790. The van der Waals surface area contributed by atoms with Gasteiger partial charge >= 0.3 is 0 Å². The third-order valence-corrected chi connectivity index (χ3v) is 3.24. The molecule has 0 saturated carbocycles. The second-order valence-corrected chi connectivity index (χ2v) is 4.51. The van der Waals surface area contributed by atoms with Gasteiger partial charge in [0, 0.05) is 5.57 Å². The highest BCUT2D eigenvalue weighted by molar-refractivity contribution is 6.23. The minimum Gasteiger partial charge on any atom is -0.290 e. The maximum Gasteiger partial charge on any atom is 0.261 e. The number of benzene rings is 1. The smallest absolute Gasteiger partial charge is 0.261 e. The van der Waals surface area contributed by atoms with E-state index in [1.165, 1.54) is 0 Å². The van der Waals surface area contributed by atoms with Crippen LogP contribution >= 0.6 is 0 Å². The Bertz CT molecular complexity index is 692. The second kappa shape index (κ2) is 4.38. The first kappa shape index (κ1) is 12.2. The number of hydrogen-bond acceptors (Lipinski definition) is 4. The predicted molar refractivity (Wildman–Crippen MR) is 69.0 cm³/mol. The summed E-state index contributed by atoms with van der Waals surface area (Å²) in [6.07, 6.45) is 3.47. The summed E-state index contributed by atoms with van der Waals surface area (Å²) in [5, 5.41) is 0. The molecule has 0 aromatic heterocycles. The number of amides is 2. The van der Waals surface area contributed by atoms with E-state index in [1.807, 2.05) is 0 Å². The maximum atomic E-state index is 12.1. The molecule has 0 bridgehead atoms. The maximum absolute atomic E-state index is 12.1. The molecule has 2 amide bonds. The molecule has 3 rings (SSSR count). The standard InChI is InChI=1S/C15H9NO4/c17-10-5-6-13(18)9(7-10)8-16-14(19)11-3-1-2-4-12(11)15(16)20/h1-7H,8H2. The fraction of sp³-hybridized carbons (Fsp3) is 0.0667. The van der Waals surface area contributed by atoms with Gasteiger partial charge in [0.2, 0.25) is 0 Å². The highest BCUT2D eigenvalue weighted by Gasteiger charge is 2.36. The lowest BCUT2D eigenvalue weighted by molar-refractivity contribution is -0.114. The van der Waals surface area contributed by atoms with Crippen LogP contribution in [0.15, 0.2) is 48.1 Å². The van der Waals surface area contributed by atoms with Crippen molar-refractivity contribution in [2.45, 2.75) is 0 Å². The van der Waals surface area contributed by atoms with Crippen LogP contribution < -0.4 is 0 Å². The van der Waals surface area contributed by atoms with E-state index in [9.17, 15) is 19.2 Å². The molecule has 5 nitrogen and oxygen atoms in total. The van der Waals surface area contributed by atoms with Gasteiger partial charge in [-0.1, -0.05) is 12.1 Å². The van der Waals surface area contributed by atoms with E-state index in [0.717, 1.165) is 23.1 Å². The monoisotopic (exact) mass is 267 g/mol. The van der Waals surface area contributed by atoms with Crippen molar-refractivity contribution in [3.63, 3.8) is 0 Å². The summed E-state index contributed by atoms with van der Waals surface area (Å²) < 4.78 is 0. The number of imide groups is 1. The van der Waals surface area contributed by atoms with Gasteiger partial charge in [0.05, 0.1) is 17.7 Å². The van der Waals surface area contributed by atoms with Crippen LogP contribution in [0, 0.1) is 0 Å². The van der Waals surface area contributed by atoms with E-state index in [2.05, 4.69) is 0 Å². The van der Waals surface area contributed by atoms with Gasteiger partial charge in [-0.05, 0) is 30.4 Å². The summed E-state index contributed by atoms with van der Waals surface area (Å²) in [6, 6.07) is 6.48. The van der Waals surface area contributed by atoms with Gasteiger partial charge in [-0.2, -0.15) is 0 Å². The minimum atomic E-state index is -0.443. The normalized spacial score (nSPS) is 17.6. The molecule has 0 fully saturated rings. The van der Waals surface area contributed by atoms with Crippen molar-refractivity contribution in [1.82, 2.24) is 4.90 Å². The van der Waals surface area contributed by atoms with Gasteiger partial charge < -0.3 is 0 Å². The number of allylic oxidation sites excluding steroid dienone is 3. The van der Waals surface area contributed by atoms with Gasteiger partial charge in [0.1, 0.15) is 0 Å². The summed E-state index contributed by atoms with van der Waals surface area (Å²) >= 11 is 0. The minimum absolute atomic E-state index is 0.145. The zero-order valence-corrected chi connectivity index (χ0v) is 10.3. The highest BCUT2D eigenvalue weighted by Crippen LogP contribution is 2.23. The Kier molecular flexibility index (Phi) is 2.68. The molecule has 0 spiro atoms. The molecular weight excluding hydrogens is 258 g/mol. The molecule has 0 unspecified atom stereocenters. The van der Waals surface area contributed by atoms with Crippen LogP contribution in [-0.4, -0.2) is 34.8 Å². The summed E-state index contributed by atoms with van der Waals surface area (Å²) in [6.45, 7) is -0.179. The number of ketones is 2.